The van der Waals surface area contributed by atoms with Gasteiger partial charge in [-0.05, 0) is 36.9 Å². The quantitative estimate of drug-likeness (QED) is 0.892. The molecule has 0 aromatic heterocycles. The topological polar surface area (TPSA) is 52.6 Å². The number of halogens is 2. The van der Waals surface area contributed by atoms with Gasteiger partial charge in [-0.2, -0.15) is 0 Å². The second-order valence-corrected chi connectivity index (χ2v) is 5.65. The van der Waals surface area contributed by atoms with Crippen molar-refractivity contribution in [2.24, 2.45) is 5.92 Å². The first kappa shape index (κ1) is 18.2. The van der Waals surface area contributed by atoms with Crippen LogP contribution in [0.25, 0.3) is 0 Å². The van der Waals surface area contributed by atoms with Crippen LogP contribution in [0.5, 0.6) is 0 Å². The van der Waals surface area contributed by atoms with E-state index in [1.807, 2.05) is 12.1 Å². The third-order valence-electron chi connectivity index (χ3n) is 4.35. The summed E-state index contributed by atoms with van der Waals surface area (Å²) < 4.78 is 0. The van der Waals surface area contributed by atoms with Crippen molar-refractivity contribution in [3.8, 4) is 0 Å². The predicted molar refractivity (Wildman–Crippen MR) is 87.7 cm³/mol. The molecule has 2 atom stereocenters. The summed E-state index contributed by atoms with van der Waals surface area (Å²) in [6.45, 7) is 3.98. The monoisotopic (exact) mass is 332 g/mol. The van der Waals surface area contributed by atoms with Crippen molar-refractivity contribution < 1.29 is 9.90 Å². The molecule has 3 heterocycles. The summed E-state index contributed by atoms with van der Waals surface area (Å²) in [5.41, 5.74) is 1.37. The van der Waals surface area contributed by atoms with Crippen LogP contribution < -0.4 is 5.32 Å². The lowest BCUT2D eigenvalue weighted by atomic mass is 9.94. The molecule has 3 aliphatic heterocycles. The first-order valence-electron chi connectivity index (χ1n) is 7.00. The summed E-state index contributed by atoms with van der Waals surface area (Å²) in [6.07, 6.45) is 2.53. The highest BCUT2D eigenvalue weighted by Gasteiger charge is 2.31. The van der Waals surface area contributed by atoms with Crippen LogP contribution >= 0.6 is 24.8 Å². The zero-order valence-corrected chi connectivity index (χ0v) is 13.5. The average molecular weight is 333 g/mol. The second-order valence-electron chi connectivity index (χ2n) is 5.65. The van der Waals surface area contributed by atoms with Gasteiger partial charge in [-0.3, -0.25) is 4.90 Å². The summed E-state index contributed by atoms with van der Waals surface area (Å²) in [4.78, 5) is 13.7. The molecular weight excluding hydrogens is 311 g/mol. The van der Waals surface area contributed by atoms with Gasteiger partial charge in [0, 0.05) is 25.7 Å². The molecule has 3 aliphatic rings. The van der Waals surface area contributed by atoms with E-state index in [1.165, 1.54) is 12.8 Å². The Morgan fingerprint density at radius 1 is 1.24 bits per heavy atom. The van der Waals surface area contributed by atoms with Gasteiger partial charge in [-0.1, -0.05) is 18.2 Å². The number of hydrogen-bond acceptors (Lipinski definition) is 3. The number of nitrogens with zero attached hydrogens (tertiary/aromatic N) is 1. The molecule has 0 aliphatic carbocycles. The average Bonchev–Trinajstić information content (AvgIpc) is 2.74. The first-order valence-corrected chi connectivity index (χ1v) is 7.00. The molecule has 118 valence electrons. The largest absolute Gasteiger partial charge is 0.478 e. The molecule has 0 radical (unpaired) electrons. The number of piperidine rings is 1. The molecule has 1 aromatic carbocycles. The number of fused-ring (bicyclic) bond motifs is 4. The minimum Gasteiger partial charge on any atom is -0.478 e. The third-order valence-corrected chi connectivity index (χ3v) is 4.35. The maximum Gasteiger partial charge on any atom is 0.336 e. The molecule has 4 rings (SSSR count). The van der Waals surface area contributed by atoms with E-state index in [0.717, 1.165) is 37.7 Å². The van der Waals surface area contributed by atoms with Crippen LogP contribution in [0, 0.1) is 5.92 Å². The van der Waals surface area contributed by atoms with Crippen molar-refractivity contribution in [3.05, 3.63) is 35.4 Å². The van der Waals surface area contributed by atoms with Crippen molar-refractivity contribution in [1.29, 1.82) is 0 Å². The third kappa shape index (κ3) is 4.10. The maximum absolute atomic E-state index is 11.3. The van der Waals surface area contributed by atoms with E-state index in [1.54, 1.807) is 12.1 Å². The molecule has 4 nitrogen and oxygen atoms in total. The lowest BCUT2D eigenvalue weighted by Gasteiger charge is -2.36. The van der Waals surface area contributed by atoms with Crippen LogP contribution in [0.15, 0.2) is 24.3 Å². The fourth-order valence-corrected chi connectivity index (χ4v) is 3.31. The highest BCUT2D eigenvalue weighted by Crippen LogP contribution is 2.26. The maximum atomic E-state index is 11.3. The SMILES string of the molecule is Cl.Cl.O=C(O)c1ccccc1CN1C[C@@H]2CC[C@H]1CNC2. The zero-order valence-electron chi connectivity index (χ0n) is 11.8. The molecule has 0 unspecified atom stereocenters. The van der Waals surface area contributed by atoms with E-state index in [9.17, 15) is 9.90 Å². The van der Waals surface area contributed by atoms with Crippen LogP contribution in [0.2, 0.25) is 0 Å². The highest BCUT2D eigenvalue weighted by molar-refractivity contribution is 5.89. The lowest BCUT2D eigenvalue weighted by Crippen LogP contribution is -2.43. The highest BCUT2D eigenvalue weighted by atomic mass is 35.5. The van der Waals surface area contributed by atoms with Gasteiger partial charge in [0.15, 0.2) is 0 Å². The Hall–Kier alpha value is -0.810. The fourth-order valence-electron chi connectivity index (χ4n) is 3.31. The number of benzene rings is 1. The molecule has 2 N–H and O–H groups in total. The van der Waals surface area contributed by atoms with E-state index in [-0.39, 0.29) is 24.8 Å². The standard InChI is InChI=1S/C15H20N2O2.2ClH/c18-15(19)14-4-2-1-3-12(14)10-17-9-11-5-6-13(17)8-16-7-11;;/h1-4,11,13,16H,5-10H2,(H,18,19);2*1H/t11-,13+;;/m1../s1. The van der Waals surface area contributed by atoms with E-state index < -0.39 is 5.97 Å². The Balaban J connectivity index is 0.00000110. The minimum atomic E-state index is -0.825. The van der Waals surface area contributed by atoms with E-state index in [2.05, 4.69) is 10.2 Å². The minimum absolute atomic E-state index is 0. The van der Waals surface area contributed by atoms with E-state index >= 15 is 0 Å². The summed E-state index contributed by atoms with van der Waals surface area (Å²) in [6, 6.07) is 7.92. The Bertz CT molecular complexity index is 480. The Kier molecular flexibility index (Phi) is 6.94. The summed E-state index contributed by atoms with van der Waals surface area (Å²) in [5, 5.41) is 12.8. The van der Waals surface area contributed by atoms with Gasteiger partial charge in [0.25, 0.3) is 0 Å². The van der Waals surface area contributed by atoms with Crippen LogP contribution in [0.4, 0.5) is 0 Å². The van der Waals surface area contributed by atoms with Gasteiger partial charge in [0.05, 0.1) is 5.56 Å². The molecule has 21 heavy (non-hydrogen) atoms. The van der Waals surface area contributed by atoms with Crippen molar-refractivity contribution in [2.45, 2.75) is 25.4 Å². The Morgan fingerprint density at radius 3 is 2.76 bits per heavy atom. The van der Waals surface area contributed by atoms with Crippen LogP contribution in [-0.2, 0) is 6.54 Å². The molecule has 6 heteroatoms. The van der Waals surface area contributed by atoms with Gasteiger partial charge in [-0.15, -0.1) is 24.8 Å². The normalized spacial score (nSPS) is 24.6. The number of carbonyl (C=O) groups is 1. The summed E-state index contributed by atoms with van der Waals surface area (Å²) >= 11 is 0. The molecule has 0 spiro atoms. The van der Waals surface area contributed by atoms with Gasteiger partial charge in [-0.25, -0.2) is 4.79 Å². The first-order chi connectivity index (χ1) is 9.24. The molecule has 0 amide bonds. The summed E-state index contributed by atoms with van der Waals surface area (Å²) in [5.74, 6) is -0.107. The van der Waals surface area contributed by atoms with Gasteiger partial charge in [0.1, 0.15) is 0 Å². The number of rotatable bonds is 3. The van der Waals surface area contributed by atoms with Gasteiger partial charge < -0.3 is 10.4 Å². The van der Waals surface area contributed by atoms with E-state index in [0.29, 0.717) is 11.6 Å². The Morgan fingerprint density at radius 2 is 2.00 bits per heavy atom. The predicted octanol–water partition coefficient (Wildman–Crippen LogP) is 2.41. The molecule has 3 fully saturated rings. The number of carboxylic acids is 1. The lowest BCUT2D eigenvalue weighted by molar-refractivity contribution is 0.0691. The number of hydrogen-bond donors (Lipinski definition) is 2. The smallest absolute Gasteiger partial charge is 0.336 e. The zero-order chi connectivity index (χ0) is 13.2. The molecule has 0 saturated carbocycles. The van der Waals surface area contributed by atoms with Crippen molar-refractivity contribution in [1.82, 2.24) is 10.2 Å². The molecule has 2 bridgehead atoms. The van der Waals surface area contributed by atoms with Crippen molar-refractivity contribution in [3.63, 3.8) is 0 Å². The number of carboxylic acid groups (broad SMARTS) is 1. The van der Waals surface area contributed by atoms with Crippen LogP contribution in [0.1, 0.15) is 28.8 Å². The second kappa shape index (κ2) is 7.99. The van der Waals surface area contributed by atoms with Crippen molar-refractivity contribution >= 4 is 30.8 Å². The number of nitrogens with one attached hydrogen (secondary N) is 1. The Labute approximate surface area is 137 Å². The van der Waals surface area contributed by atoms with Crippen LogP contribution in [0.3, 0.4) is 0 Å². The van der Waals surface area contributed by atoms with E-state index in [4.69, 9.17) is 0 Å². The van der Waals surface area contributed by atoms with Gasteiger partial charge in [0.2, 0.25) is 0 Å². The fraction of sp³-hybridized carbons (Fsp3) is 0.533. The van der Waals surface area contributed by atoms with Crippen molar-refractivity contribution in [2.75, 3.05) is 19.6 Å². The molecule has 3 saturated heterocycles. The summed E-state index contributed by atoms with van der Waals surface area (Å²) in [7, 11) is 0. The number of aromatic carboxylic acids is 1. The molecular formula is C15H22Cl2N2O2. The molecule has 1 aromatic rings. The van der Waals surface area contributed by atoms with Crippen LogP contribution in [-0.4, -0.2) is 41.7 Å². The van der Waals surface area contributed by atoms with Gasteiger partial charge >= 0.3 is 5.97 Å².